The van der Waals surface area contributed by atoms with Crippen LogP contribution in [0.25, 0.3) is 0 Å². The zero-order chi connectivity index (χ0) is 11.2. The first-order chi connectivity index (χ1) is 7.90. The van der Waals surface area contributed by atoms with Crippen molar-refractivity contribution in [1.29, 1.82) is 0 Å². The number of hydrogen-bond donors (Lipinski definition) is 1. The summed E-state index contributed by atoms with van der Waals surface area (Å²) in [5.41, 5.74) is 0. The van der Waals surface area contributed by atoms with Crippen molar-refractivity contribution < 1.29 is 9.52 Å². The minimum absolute atomic E-state index is 0.233. The van der Waals surface area contributed by atoms with E-state index in [1.165, 1.54) is 32.1 Å². The Balaban J connectivity index is 1.92. The van der Waals surface area contributed by atoms with Crippen LogP contribution in [0.5, 0.6) is 0 Å². The van der Waals surface area contributed by atoms with E-state index in [-0.39, 0.29) is 6.61 Å². The number of furan rings is 1. The Morgan fingerprint density at radius 1 is 1.31 bits per heavy atom. The van der Waals surface area contributed by atoms with Gasteiger partial charge in [-0.25, -0.2) is 0 Å². The summed E-state index contributed by atoms with van der Waals surface area (Å²) in [7, 11) is 0. The third-order valence-corrected chi connectivity index (χ3v) is 3.42. The Hall–Kier alpha value is -0.800. The molecule has 90 valence electrons. The normalized spacial score (nSPS) is 18.1. The molecule has 2 rings (SSSR count). The lowest BCUT2D eigenvalue weighted by atomic mass is 9.94. The third-order valence-electron chi connectivity index (χ3n) is 3.42. The summed E-state index contributed by atoms with van der Waals surface area (Å²) in [5, 5.41) is 9.12. The van der Waals surface area contributed by atoms with Crippen LogP contribution in [-0.4, -0.2) is 29.2 Å². The first-order valence-electron chi connectivity index (χ1n) is 6.27. The maximum absolute atomic E-state index is 9.12. The zero-order valence-electron chi connectivity index (χ0n) is 9.77. The van der Waals surface area contributed by atoms with Gasteiger partial charge in [0.1, 0.15) is 5.76 Å². The van der Waals surface area contributed by atoms with Gasteiger partial charge in [0.15, 0.2) is 0 Å². The first kappa shape index (κ1) is 11.7. The smallest absolute Gasteiger partial charge is 0.117 e. The van der Waals surface area contributed by atoms with Crippen molar-refractivity contribution in [3.63, 3.8) is 0 Å². The molecule has 0 amide bonds. The Bertz CT molecular complexity index is 278. The molecule has 0 radical (unpaired) electrons. The van der Waals surface area contributed by atoms with Gasteiger partial charge in [-0.2, -0.15) is 0 Å². The van der Waals surface area contributed by atoms with Crippen LogP contribution in [0.15, 0.2) is 22.8 Å². The van der Waals surface area contributed by atoms with Crippen LogP contribution in [-0.2, 0) is 6.54 Å². The highest BCUT2D eigenvalue weighted by atomic mass is 16.3. The molecule has 0 unspecified atom stereocenters. The molecule has 0 atom stereocenters. The lowest BCUT2D eigenvalue weighted by Gasteiger charge is -2.33. The van der Waals surface area contributed by atoms with E-state index >= 15 is 0 Å². The van der Waals surface area contributed by atoms with E-state index in [9.17, 15) is 0 Å². The number of hydrogen-bond acceptors (Lipinski definition) is 3. The minimum atomic E-state index is 0.233. The van der Waals surface area contributed by atoms with E-state index in [1.807, 2.05) is 12.1 Å². The van der Waals surface area contributed by atoms with Crippen LogP contribution in [0.4, 0.5) is 0 Å². The van der Waals surface area contributed by atoms with Gasteiger partial charge in [-0.3, -0.25) is 4.90 Å². The number of aliphatic hydroxyl groups excluding tert-OH is 1. The second-order valence-electron chi connectivity index (χ2n) is 4.57. The van der Waals surface area contributed by atoms with Crippen LogP contribution >= 0.6 is 0 Å². The molecular formula is C13H21NO2. The molecule has 0 bridgehead atoms. The second-order valence-corrected chi connectivity index (χ2v) is 4.57. The topological polar surface area (TPSA) is 36.6 Å². The van der Waals surface area contributed by atoms with Gasteiger partial charge in [-0.1, -0.05) is 19.3 Å². The average molecular weight is 223 g/mol. The van der Waals surface area contributed by atoms with Crippen LogP contribution in [0.2, 0.25) is 0 Å². The largest absolute Gasteiger partial charge is 0.468 e. The van der Waals surface area contributed by atoms with Gasteiger partial charge in [0.05, 0.1) is 19.4 Å². The molecule has 1 N–H and O–H groups in total. The Labute approximate surface area is 97.1 Å². The molecule has 3 heteroatoms. The van der Waals surface area contributed by atoms with Crippen molar-refractivity contribution in [2.75, 3.05) is 13.2 Å². The van der Waals surface area contributed by atoms with Crippen molar-refractivity contribution in [2.24, 2.45) is 0 Å². The molecule has 1 fully saturated rings. The molecule has 16 heavy (non-hydrogen) atoms. The van der Waals surface area contributed by atoms with Gasteiger partial charge in [0.25, 0.3) is 0 Å². The van der Waals surface area contributed by atoms with Gasteiger partial charge in [0.2, 0.25) is 0 Å². The summed E-state index contributed by atoms with van der Waals surface area (Å²) in [6, 6.07) is 4.56. The number of nitrogens with zero attached hydrogens (tertiary/aromatic N) is 1. The SMILES string of the molecule is OCCN(Cc1ccco1)C1CCCCC1. The lowest BCUT2D eigenvalue weighted by Crippen LogP contribution is -2.38. The zero-order valence-corrected chi connectivity index (χ0v) is 9.77. The molecule has 0 aliphatic heterocycles. The molecule has 1 heterocycles. The number of rotatable bonds is 5. The fraction of sp³-hybridized carbons (Fsp3) is 0.692. The van der Waals surface area contributed by atoms with Gasteiger partial charge in [-0.15, -0.1) is 0 Å². The summed E-state index contributed by atoms with van der Waals surface area (Å²) in [5.74, 6) is 0.999. The Morgan fingerprint density at radius 2 is 2.12 bits per heavy atom. The Morgan fingerprint density at radius 3 is 2.75 bits per heavy atom. The lowest BCUT2D eigenvalue weighted by molar-refractivity contribution is 0.110. The van der Waals surface area contributed by atoms with Crippen LogP contribution in [0, 0.1) is 0 Å². The van der Waals surface area contributed by atoms with Gasteiger partial charge < -0.3 is 9.52 Å². The first-order valence-corrected chi connectivity index (χ1v) is 6.27. The summed E-state index contributed by atoms with van der Waals surface area (Å²) in [6.07, 6.45) is 8.26. The fourth-order valence-corrected chi connectivity index (χ4v) is 2.57. The third kappa shape index (κ3) is 3.09. The molecule has 0 spiro atoms. The molecule has 0 aromatic carbocycles. The summed E-state index contributed by atoms with van der Waals surface area (Å²) in [6.45, 7) is 1.82. The fourth-order valence-electron chi connectivity index (χ4n) is 2.57. The van der Waals surface area contributed by atoms with E-state index < -0.39 is 0 Å². The van der Waals surface area contributed by atoms with Gasteiger partial charge >= 0.3 is 0 Å². The minimum Gasteiger partial charge on any atom is -0.468 e. The molecule has 1 aliphatic carbocycles. The maximum Gasteiger partial charge on any atom is 0.117 e. The maximum atomic E-state index is 9.12. The Kier molecular flexibility index (Phi) is 4.43. The van der Waals surface area contributed by atoms with Crippen LogP contribution in [0.1, 0.15) is 37.9 Å². The van der Waals surface area contributed by atoms with Crippen molar-refractivity contribution in [3.8, 4) is 0 Å². The van der Waals surface area contributed by atoms with Gasteiger partial charge in [-0.05, 0) is 25.0 Å². The summed E-state index contributed by atoms with van der Waals surface area (Å²) >= 11 is 0. The highest BCUT2D eigenvalue weighted by Gasteiger charge is 2.21. The van der Waals surface area contributed by atoms with Gasteiger partial charge in [0, 0.05) is 12.6 Å². The molecule has 0 saturated heterocycles. The quantitative estimate of drug-likeness (QED) is 0.832. The number of aliphatic hydroxyl groups is 1. The highest BCUT2D eigenvalue weighted by Crippen LogP contribution is 2.23. The molecule has 1 aromatic heterocycles. The highest BCUT2D eigenvalue weighted by molar-refractivity contribution is 4.98. The van der Waals surface area contributed by atoms with Crippen molar-refractivity contribution in [1.82, 2.24) is 4.90 Å². The standard InChI is InChI=1S/C13H21NO2/c15-9-8-14(11-13-7-4-10-16-13)12-5-2-1-3-6-12/h4,7,10,12,15H,1-3,5-6,8-9,11H2. The monoisotopic (exact) mass is 223 g/mol. The summed E-state index contributed by atoms with van der Waals surface area (Å²) in [4.78, 5) is 2.36. The molecule has 1 aromatic rings. The van der Waals surface area contributed by atoms with Crippen LogP contribution in [0.3, 0.4) is 0 Å². The predicted molar refractivity (Wildman–Crippen MR) is 63.1 cm³/mol. The van der Waals surface area contributed by atoms with Crippen molar-refractivity contribution >= 4 is 0 Å². The van der Waals surface area contributed by atoms with Crippen molar-refractivity contribution in [2.45, 2.75) is 44.7 Å². The summed E-state index contributed by atoms with van der Waals surface area (Å²) < 4.78 is 5.38. The van der Waals surface area contributed by atoms with E-state index in [2.05, 4.69) is 4.90 Å². The second kappa shape index (κ2) is 6.06. The van der Waals surface area contributed by atoms with Crippen molar-refractivity contribution in [3.05, 3.63) is 24.2 Å². The molecular weight excluding hydrogens is 202 g/mol. The predicted octanol–water partition coefficient (Wildman–Crippen LogP) is 2.41. The molecule has 1 aliphatic rings. The van der Waals surface area contributed by atoms with Crippen LogP contribution < -0.4 is 0 Å². The van der Waals surface area contributed by atoms with E-state index in [4.69, 9.17) is 9.52 Å². The van der Waals surface area contributed by atoms with E-state index in [0.29, 0.717) is 6.04 Å². The molecule has 1 saturated carbocycles. The average Bonchev–Trinajstić information content (AvgIpc) is 2.83. The van der Waals surface area contributed by atoms with E-state index in [0.717, 1.165) is 18.8 Å². The van der Waals surface area contributed by atoms with E-state index in [1.54, 1.807) is 6.26 Å². The molecule has 3 nitrogen and oxygen atoms in total.